The Morgan fingerprint density at radius 3 is 2.73 bits per heavy atom. The molecule has 2 aromatic carbocycles. The average Bonchev–Trinajstić information content (AvgIpc) is 3.46. The van der Waals surface area contributed by atoms with Gasteiger partial charge in [0.05, 0.1) is 39.5 Å². The molecule has 7 nitrogen and oxygen atoms in total. The smallest absolute Gasteiger partial charge is 0.305 e. The maximum atomic E-state index is 14.4. The van der Waals surface area contributed by atoms with E-state index in [1.54, 1.807) is 35.3 Å². The first-order valence-corrected chi connectivity index (χ1v) is 11.7. The summed E-state index contributed by atoms with van der Waals surface area (Å²) in [6.45, 7) is 0.348. The van der Waals surface area contributed by atoms with E-state index in [4.69, 9.17) is 11.6 Å². The van der Waals surface area contributed by atoms with Gasteiger partial charge in [0.25, 0.3) is 5.70 Å². The van der Waals surface area contributed by atoms with Crippen LogP contribution >= 0.6 is 11.6 Å². The summed E-state index contributed by atoms with van der Waals surface area (Å²) in [6, 6.07) is 9.11. The van der Waals surface area contributed by atoms with E-state index in [0.717, 1.165) is 11.4 Å². The van der Waals surface area contributed by atoms with Gasteiger partial charge in [-0.25, -0.2) is 9.37 Å². The van der Waals surface area contributed by atoms with Crippen LogP contribution in [0.25, 0.3) is 11.4 Å². The van der Waals surface area contributed by atoms with Crippen molar-refractivity contribution < 1.29 is 27.0 Å². The van der Waals surface area contributed by atoms with Gasteiger partial charge in [-0.05, 0) is 50.1 Å². The number of aromatic nitrogens is 2. The molecular formula is C25H20ClF4N6O+. The summed E-state index contributed by atoms with van der Waals surface area (Å²) < 4.78 is 57.5. The van der Waals surface area contributed by atoms with Crippen LogP contribution in [-0.2, 0) is 11.2 Å². The Balaban J connectivity index is 1.42. The maximum Gasteiger partial charge on any atom is 0.406 e. The van der Waals surface area contributed by atoms with E-state index < -0.39 is 30.4 Å². The third-order valence-corrected chi connectivity index (χ3v) is 6.39. The van der Waals surface area contributed by atoms with Crippen molar-refractivity contribution in [2.24, 2.45) is 16.3 Å². The van der Waals surface area contributed by atoms with Crippen LogP contribution in [0.15, 0.2) is 65.5 Å². The standard InChI is InChI=1S/C25H20ClF4N6O/c1-15-10-34(14-31-15)23-8-6-16(9-19(23)26)21-12-35(33-32-21)11-17-5-7-18-20(27)3-2-4-22(18)36(24(17)37)13-25(28,29)30/h2-4,6,8-12,14,17H,5,7,13H2,1H3/q+1/b35-11+. The van der Waals surface area contributed by atoms with Gasteiger partial charge in [0.1, 0.15) is 23.8 Å². The van der Waals surface area contributed by atoms with Gasteiger partial charge in [0.2, 0.25) is 5.91 Å². The van der Waals surface area contributed by atoms with E-state index >= 15 is 0 Å². The number of anilines is 1. The number of nitrogens with zero attached hydrogens (tertiary/aromatic N) is 6. The molecule has 2 aliphatic rings. The minimum absolute atomic E-state index is 0.0691. The van der Waals surface area contributed by atoms with Crippen LogP contribution in [0.4, 0.5) is 23.2 Å². The fourth-order valence-electron chi connectivity index (χ4n) is 4.37. The number of imidazole rings is 1. The SMILES string of the molecule is Cc1cn(-c2ccc(C3=C/[N+](=C\C4CCc5c(F)cccc5N(CC(F)(F)F)C4=O)N=N3)cc2Cl)cn1. The molecule has 0 bridgehead atoms. The van der Waals surface area contributed by atoms with E-state index in [9.17, 15) is 22.4 Å². The molecule has 0 N–H and O–H groups in total. The van der Waals surface area contributed by atoms with Crippen LogP contribution in [0.3, 0.4) is 0 Å². The first-order valence-electron chi connectivity index (χ1n) is 11.3. The maximum absolute atomic E-state index is 14.4. The Bertz CT molecular complexity index is 1480. The van der Waals surface area contributed by atoms with Gasteiger partial charge in [-0.2, -0.15) is 13.2 Å². The number of hydrogen-bond donors (Lipinski definition) is 0. The molecule has 12 heteroatoms. The molecule has 37 heavy (non-hydrogen) atoms. The summed E-state index contributed by atoms with van der Waals surface area (Å²) in [5.41, 5.74) is 2.69. The fourth-order valence-corrected chi connectivity index (χ4v) is 4.64. The second-order valence-electron chi connectivity index (χ2n) is 8.74. The Morgan fingerprint density at radius 2 is 2.03 bits per heavy atom. The van der Waals surface area contributed by atoms with Gasteiger partial charge >= 0.3 is 6.18 Å². The summed E-state index contributed by atoms with van der Waals surface area (Å²) in [5, 5.41) is 8.59. The molecule has 0 spiro atoms. The van der Waals surface area contributed by atoms with Crippen LogP contribution in [0, 0.1) is 18.7 Å². The highest BCUT2D eigenvalue weighted by Gasteiger charge is 2.39. The third-order valence-electron chi connectivity index (χ3n) is 6.09. The molecule has 1 atom stereocenters. The normalized spacial score (nSPS) is 18.8. The molecule has 1 amide bonds. The lowest BCUT2D eigenvalue weighted by Crippen LogP contribution is -2.42. The highest BCUT2D eigenvalue weighted by Crippen LogP contribution is 2.34. The predicted molar refractivity (Wildman–Crippen MR) is 129 cm³/mol. The van der Waals surface area contributed by atoms with Crippen molar-refractivity contribution in [3.05, 3.63) is 82.8 Å². The van der Waals surface area contributed by atoms with Gasteiger partial charge in [0, 0.05) is 17.3 Å². The van der Waals surface area contributed by atoms with Crippen molar-refractivity contribution in [3.8, 4) is 5.69 Å². The lowest BCUT2D eigenvalue weighted by Gasteiger charge is -2.25. The monoisotopic (exact) mass is 531 g/mol. The molecule has 1 unspecified atom stereocenters. The van der Waals surface area contributed by atoms with Gasteiger partial charge in [0.15, 0.2) is 6.20 Å². The number of alkyl halides is 3. The zero-order valence-electron chi connectivity index (χ0n) is 19.5. The molecule has 3 aromatic rings. The second kappa shape index (κ2) is 9.55. The lowest BCUT2D eigenvalue weighted by atomic mass is 10.0. The lowest BCUT2D eigenvalue weighted by molar-refractivity contribution is -0.460. The van der Waals surface area contributed by atoms with Crippen LogP contribution < -0.4 is 4.90 Å². The van der Waals surface area contributed by atoms with E-state index in [1.165, 1.54) is 29.1 Å². The largest absolute Gasteiger partial charge is 0.406 e. The second-order valence-corrected chi connectivity index (χ2v) is 9.15. The zero-order chi connectivity index (χ0) is 26.3. The number of aryl methyl sites for hydroxylation is 1. The molecule has 0 saturated carbocycles. The quantitative estimate of drug-likeness (QED) is 0.311. The molecule has 190 valence electrons. The summed E-state index contributed by atoms with van der Waals surface area (Å²) >= 11 is 6.46. The van der Waals surface area contributed by atoms with Gasteiger partial charge < -0.3 is 9.47 Å². The predicted octanol–water partition coefficient (Wildman–Crippen LogP) is 5.89. The number of rotatable bonds is 4. The van der Waals surface area contributed by atoms with E-state index in [-0.39, 0.29) is 24.1 Å². The average molecular weight is 532 g/mol. The van der Waals surface area contributed by atoms with Crippen LogP contribution in [0.1, 0.15) is 23.2 Å². The van der Waals surface area contributed by atoms with Crippen LogP contribution in [0.5, 0.6) is 0 Å². The number of hydrogen-bond acceptors (Lipinski definition) is 4. The van der Waals surface area contributed by atoms with Gasteiger partial charge in [-0.3, -0.25) is 4.79 Å². The molecule has 0 saturated heterocycles. The van der Waals surface area contributed by atoms with Crippen molar-refractivity contribution >= 4 is 35.1 Å². The number of fused-ring (bicyclic) bond motifs is 1. The number of amides is 1. The third kappa shape index (κ3) is 5.17. The van der Waals surface area contributed by atoms with E-state index in [0.29, 0.717) is 21.2 Å². The molecular weight excluding hydrogens is 512 g/mol. The Kier molecular flexibility index (Phi) is 6.40. The molecule has 3 heterocycles. The molecule has 2 aliphatic heterocycles. The van der Waals surface area contributed by atoms with Crippen LogP contribution in [0.2, 0.25) is 5.02 Å². The summed E-state index contributed by atoms with van der Waals surface area (Å²) in [6.07, 6.45) is 1.98. The van der Waals surface area contributed by atoms with Crippen molar-refractivity contribution in [1.29, 1.82) is 0 Å². The van der Waals surface area contributed by atoms with Crippen molar-refractivity contribution in [1.82, 2.24) is 9.55 Å². The van der Waals surface area contributed by atoms with E-state index in [1.807, 2.05) is 13.1 Å². The van der Waals surface area contributed by atoms with Crippen molar-refractivity contribution in [2.75, 3.05) is 11.4 Å². The number of carbonyl (C=O) groups excluding carboxylic acids is 1. The summed E-state index contributed by atoms with van der Waals surface area (Å²) in [7, 11) is 0. The van der Waals surface area contributed by atoms with Crippen LogP contribution in [-0.4, -0.2) is 39.1 Å². The van der Waals surface area contributed by atoms with Crippen molar-refractivity contribution in [3.63, 3.8) is 0 Å². The fraction of sp³-hybridized carbons (Fsp3) is 0.240. The zero-order valence-corrected chi connectivity index (χ0v) is 20.2. The van der Waals surface area contributed by atoms with Gasteiger partial charge in [-0.15, -0.1) is 4.68 Å². The topological polar surface area (TPSA) is 65.9 Å². The minimum Gasteiger partial charge on any atom is -0.305 e. The minimum atomic E-state index is -4.66. The van der Waals surface area contributed by atoms with Gasteiger partial charge in [-0.1, -0.05) is 17.7 Å². The number of benzene rings is 2. The van der Waals surface area contributed by atoms with E-state index in [2.05, 4.69) is 15.3 Å². The Morgan fingerprint density at radius 1 is 1.22 bits per heavy atom. The Labute approximate surface area is 214 Å². The summed E-state index contributed by atoms with van der Waals surface area (Å²) in [5.74, 6) is -2.41. The number of halogens is 5. The molecule has 0 fully saturated rings. The highest BCUT2D eigenvalue weighted by molar-refractivity contribution is 6.32. The molecule has 0 aliphatic carbocycles. The molecule has 1 aromatic heterocycles. The highest BCUT2D eigenvalue weighted by atomic mass is 35.5. The first kappa shape index (κ1) is 24.8. The Hall–Kier alpha value is -3.86. The number of carbonyl (C=O) groups is 1. The molecule has 5 rings (SSSR count). The first-order chi connectivity index (χ1) is 17.6. The summed E-state index contributed by atoms with van der Waals surface area (Å²) in [4.78, 5) is 18.0. The van der Waals surface area contributed by atoms with Crippen molar-refractivity contribution in [2.45, 2.75) is 25.9 Å². The molecule has 0 radical (unpaired) electrons.